The molecule has 0 aliphatic heterocycles. The van der Waals surface area contributed by atoms with Crippen molar-refractivity contribution in [3.05, 3.63) is 34.0 Å². The predicted octanol–water partition coefficient (Wildman–Crippen LogP) is 4.40. The van der Waals surface area contributed by atoms with E-state index in [-0.39, 0.29) is 17.5 Å². The first-order valence-electron chi connectivity index (χ1n) is 8.17. The van der Waals surface area contributed by atoms with E-state index in [1.54, 1.807) is 0 Å². The molecule has 2 aliphatic carbocycles. The van der Waals surface area contributed by atoms with E-state index < -0.39 is 11.3 Å². The molecule has 1 fully saturated rings. The van der Waals surface area contributed by atoms with Crippen LogP contribution in [0.3, 0.4) is 0 Å². The van der Waals surface area contributed by atoms with Gasteiger partial charge < -0.3 is 5.41 Å². The monoisotopic (exact) mass is 334 g/mol. The number of fused-ring (bicyclic) bond motifs is 1. The van der Waals surface area contributed by atoms with Crippen molar-refractivity contribution >= 4 is 17.0 Å². The van der Waals surface area contributed by atoms with E-state index in [9.17, 15) is 15.8 Å². The fraction of sp³-hybridized carbons (Fsp3) is 0.474. The first-order chi connectivity index (χ1) is 11.6. The highest BCUT2D eigenvalue weighted by molar-refractivity contribution is 7.10. The van der Waals surface area contributed by atoms with E-state index in [4.69, 9.17) is 5.41 Å². The molecule has 0 amide bonds. The Morgan fingerprint density at radius 1 is 1.33 bits per heavy atom. The minimum absolute atomic E-state index is 0.0135. The second kappa shape index (κ2) is 6.23. The molecule has 0 aromatic carbocycles. The van der Waals surface area contributed by atoms with Crippen LogP contribution in [0.5, 0.6) is 0 Å². The number of hydrogen-bond donors (Lipinski definition) is 1. The fourth-order valence-corrected chi connectivity index (χ4v) is 5.17. The molecule has 5 heteroatoms. The van der Waals surface area contributed by atoms with Crippen molar-refractivity contribution < 1.29 is 0 Å². The second-order valence-electron chi connectivity index (χ2n) is 6.56. The van der Waals surface area contributed by atoms with Gasteiger partial charge in [0.2, 0.25) is 0 Å². The van der Waals surface area contributed by atoms with E-state index in [1.165, 1.54) is 11.3 Å². The average molecular weight is 334 g/mol. The Hall–Kier alpha value is -2.42. The Labute approximate surface area is 146 Å². The summed E-state index contributed by atoms with van der Waals surface area (Å²) in [7, 11) is 0. The fourth-order valence-electron chi connectivity index (χ4n) is 4.21. The summed E-state index contributed by atoms with van der Waals surface area (Å²) in [5.41, 5.74) is -0.652. The van der Waals surface area contributed by atoms with Gasteiger partial charge in [0, 0.05) is 10.8 Å². The summed E-state index contributed by atoms with van der Waals surface area (Å²) in [5.74, 6) is -0.614. The number of nitriles is 3. The van der Waals surface area contributed by atoms with Crippen molar-refractivity contribution in [3.63, 3.8) is 0 Å². The van der Waals surface area contributed by atoms with Gasteiger partial charge in [-0.05, 0) is 41.7 Å². The SMILES string of the molecule is CC[C@@H]1CC=C2C(C#N)C(=N)C(C#N)(C#N)[C@H](c3cccs3)[C@@H]2C1. The van der Waals surface area contributed by atoms with Gasteiger partial charge in [-0.15, -0.1) is 11.3 Å². The first-order valence-corrected chi connectivity index (χ1v) is 9.05. The van der Waals surface area contributed by atoms with E-state index in [0.29, 0.717) is 5.92 Å². The van der Waals surface area contributed by atoms with Crippen molar-refractivity contribution in [2.75, 3.05) is 0 Å². The highest BCUT2D eigenvalue weighted by atomic mass is 32.1. The third-order valence-electron chi connectivity index (χ3n) is 5.53. The minimum Gasteiger partial charge on any atom is -0.305 e. The Bertz CT molecular complexity index is 786. The molecule has 2 aliphatic rings. The molecule has 120 valence electrons. The first kappa shape index (κ1) is 16.4. The molecule has 0 radical (unpaired) electrons. The van der Waals surface area contributed by atoms with Gasteiger partial charge in [-0.1, -0.05) is 25.5 Å². The van der Waals surface area contributed by atoms with E-state index >= 15 is 0 Å². The molecule has 24 heavy (non-hydrogen) atoms. The Kier molecular flexibility index (Phi) is 4.27. The third-order valence-corrected chi connectivity index (χ3v) is 6.48. The molecule has 1 unspecified atom stereocenters. The highest BCUT2D eigenvalue weighted by Gasteiger charge is 2.57. The molecule has 0 spiro atoms. The van der Waals surface area contributed by atoms with Crippen LogP contribution in [0.4, 0.5) is 0 Å². The zero-order valence-electron chi connectivity index (χ0n) is 13.5. The highest BCUT2D eigenvalue weighted by Crippen LogP contribution is 2.56. The van der Waals surface area contributed by atoms with Gasteiger partial charge in [0.25, 0.3) is 0 Å². The zero-order chi connectivity index (χ0) is 17.3. The van der Waals surface area contributed by atoms with Crippen LogP contribution in [0.25, 0.3) is 0 Å². The van der Waals surface area contributed by atoms with Gasteiger partial charge >= 0.3 is 0 Å². The van der Waals surface area contributed by atoms with Gasteiger partial charge in [0.15, 0.2) is 5.41 Å². The van der Waals surface area contributed by atoms with E-state index in [2.05, 4.69) is 31.2 Å². The molecule has 1 aromatic heterocycles. The quantitative estimate of drug-likeness (QED) is 0.812. The maximum Gasteiger partial charge on any atom is 0.190 e. The number of allylic oxidation sites excluding steroid dienone is 2. The smallest absolute Gasteiger partial charge is 0.190 e. The second-order valence-corrected chi connectivity index (χ2v) is 7.54. The number of nitrogens with one attached hydrogen (secondary N) is 1. The van der Waals surface area contributed by atoms with Crippen LogP contribution in [-0.4, -0.2) is 5.71 Å². The van der Waals surface area contributed by atoms with Gasteiger partial charge in [-0.25, -0.2) is 0 Å². The molecule has 1 heterocycles. The number of thiophene rings is 1. The number of rotatable bonds is 2. The summed E-state index contributed by atoms with van der Waals surface area (Å²) in [6, 6.07) is 10.3. The van der Waals surface area contributed by atoms with Crippen molar-refractivity contribution in [2.24, 2.45) is 23.2 Å². The van der Waals surface area contributed by atoms with Crippen LogP contribution in [0.2, 0.25) is 0 Å². The summed E-state index contributed by atoms with van der Waals surface area (Å²) in [6.07, 6.45) is 4.93. The normalized spacial score (nSPS) is 31.1. The maximum absolute atomic E-state index is 9.87. The van der Waals surface area contributed by atoms with Gasteiger partial charge in [0.05, 0.1) is 23.9 Å². The molecular formula is C19H18N4S. The van der Waals surface area contributed by atoms with Crippen molar-refractivity contribution in [2.45, 2.75) is 32.1 Å². The third kappa shape index (κ3) is 2.19. The lowest BCUT2D eigenvalue weighted by Crippen LogP contribution is -2.49. The lowest BCUT2D eigenvalue weighted by Gasteiger charge is -2.46. The van der Waals surface area contributed by atoms with Crippen LogP contribution in [0.15, 0.2) is 29.2 Å². The van der Waals surface area contributed by atoms with Crippen molar-refractivity contribution in [3.8, 4) is 18.2 Å². The topological polar surface area (TPSA) is 95.2 Å². The number of nitrogens with zero attached hydrogens (tertiary/aromatic N) is 3. The molecular weight excluding hydrogens is 316 g/mol. The summed E-state index contributed by atoms with van der Waals surface area (Å²) >= 11 is 1.53. The minimum atomic E-state index is -1.55. The zero-order valence-corrected chi connectivity index (χ0v) is 14.3. The summed E-state index contributed by atoms with van der Waals surface area (Å²) in [4.78, 5) is 0.965. The van der Waals surface area contributed by atoms with Crippen molar-refractivity contribution in [1.82, 2.24) is 0 Å². The van der Waals surface area contributed by atoms with Gasteiger partial charge in [0.1, 0.15) is 5.92 Å². The molecule has 4 atom stereocenters. The molecule has 4 nitrogen and oxygen atoms in total. The molecule has 1 aromatic rings. The standard InChI is InChI=1S/C19H18N4S/c1-2-12-5-6-13-14(8-12)17(16-4-3-7-24-16)19(10-21,11-22)18(23)15(13)9-20/h3-4,6-7,12,14-15,17,23H,2,5,8H2,1H3/t12-,14-,15?,17+/m1/s1. The lowest BCUT2D eigenvalue weighted by atomic mass is 9.53. The number of hydrogen-bond acceptors (Lipinski definition) is 5. The molecule has 1 saturated carbocycles. The van der Waals surface area contributed by atoms with Gasteiger partial charge in [-0.3, -0.25) is 0 Å². The van der Waals surface area contributed by atoms with Crippen molar-refractivity contribution in [1.29, 1.82) is 21.2 Å². The molecule has 0 bridgehead atoms. The van der Waals surface area contributed by atoms with E-state index in [0.717, 1.165) is 29.7 Å². The maximum atomic E-state index is 9.87. The molecule has 1 N–H and O–H groups in total. The lowest BCUT2D eigenvalue weighted by molar-refractivity contribution is 0.273. The summed E-state index contributed by atoms with van der Waals surface area (Å²) < 4.78 is 0. The van der Waals surface area contributed by atoms with Crippen LogP contribution >= 0.6 is 11.3 Å². The van der Waals surface area contributed by atoms with Crippen LogP contribution in [-0.2, 0) is 0 Å². The van der Waals surface area contributed by atoms with Gasteiger partial charge in [-0.2, -0.15) is 15.8 Å². The summed E-state index contributed by atoms with van der Waals surface area (Å²) in [5, 5.41) is 39.8. The largest absolute Gasteiger partial charge is 0.305 e. The predicted molar refractivity (Wildman–Crippen MR) is 92.1 cm³/mol. The average Bonchev–Trinajstić information content (AvgIpc) is 3.14. The van der Waals surface area contributed by atoms with Crippen LogP contribution < -0.4 is 0 Å². The summed E-state index contributed by atoms with van der Waals surface area (Å²) in [6.45, 7) is 2.15. The van der Waals surface area contributed by atoms with Crippen LogP contribution in [0, 0.1) is 62.6 Å². The molecule has 3 rings (SSSR count). The Balaban J connectivity index is 2.23. The molecule has 0 saturated heterocycles. The van der Waals surface area contributed by atoms with Crippen LogP contribution in [0.1, 0.15) is 37.0 Å². The Morgan fingerprint density at radius 3 is 2.62 bits per heavy atom. The van der Waals surface area contributed by atoms with E-state index in [1.807, 2.05) is 17.5 Å². The Morgan fingerprint density at radius 2 is 2.08 bits per heavy atom.